The van der Waals surface area contributed by atoms with Gasteiger partial charge in [-0.05, 0) is 30.9 Å². The van der Waals surface area contributed by atoms with Gasteiger partial charge in [0.05, 0.1) is 17.2 Å². The topological polar surface area (TPSA) is 70.0 Å². The fourth-order valence-electron chi connectivity index (χ4n) is 3.08. The fourth-order valence-corrected chi connectivity index (χ4v) is 3.08. The molecule has 1 aliphatic heterocycles. The first kappa shape index (κ1) is 17.2. The molecule has 122 valence electrons. The van der Waals surface area contributed by atoms with Gasteiger partial charge in [0, 0.05) is 6.42 Å². The molecule has 0 unspecified atom stereocenters. The Kier molecular flexibility index (Phi) is 6.80. The standard InChI is InChI=1S/C19H24N2O2/c20-14-9-7-5-3-1-2-4-6-8-11-15-12-10-13-16-17(15)19(23)21-18(16)22/h10,12-13H,1-9,11H2,(H,21,22,23). The molecule has 0 spiro atoms. The number of unbranched alkanes of at least 4 members (excludes halogenated alkanes) is 8. The van der Waals surface area contributed by atoms with Crippen LogP contribution in [0.4, 0.5) is 0 Å². The van der Waals surface area contributed by atoms with Gasteiger partial charge in [0.2, 0.25) is 0 Å². The fraction of sp³-hybridized carbons (Fsp3) is 0.526. The zero-order valence-electron chi connectivity index (χ0n) is 13.6. The molecule has 0 saturated heterocycles. The monoisotopic (exact) mass is 312 g/mol. The maximum atomic E-state index is 11.8. The van der Waals surface area contributed by atoms with Crippen molar-refractivity contribution >= 4 is 11.8 Å². The van der Waals surface area contributed by atoms with Crippen molar-refractivity contribution in [2.75, 3.05) is 0 Å². The van der Waals surface area contributed by atoms with E-state index in [1.54, 1.807) is 6.07 Å². The van der Waals surface area contributed by atoms with Crippen molar-refractivity contribution in [1.29, 1.82) is 5.26 Å². The van der Waals surface area contributed by atoms with Gasteiger partial charge in [0.1, 0.15) is 0 Å². The van der Waals surface area contributed by atoms with Crippen molar-refractivity contribution in [3.05, 3.63) is 34.9 Å². The van der Waals surface area contributed by atoms with Gasteiger partial charge >= 0.3 is 0 Å². The van der Waals surface area contributed by atoms with E-state index >= 15 is 0 Å². The molecule has 1 N–H and O–H groups in total. The number of carbonyl (C=O) groups is 2. The number of fused-ring (bicyclic) bond motifs is 1. The van der Waals surface area contributed by atoms with Crippen LogP contribution in [0.5, 0.6) is 0 Å². The Morgan fingerprint density at radius 3 is 2.22 bits per heavy atom. The van der Waals surface area contributed by atoms with E-state index in [4.69, 9.17) is 5.26 Å². The number of nitriles is 1. The molecule has 1 aromatic rings. The first-order chi connectivity index (χ1) is 11.2. The maximum absolute atomic E-state index is 11.8. The molecule has 2 amide bonds. The summed E-state index contributed by atoms with van der Waals surface area (Å²) >= 11 is 0. The highest BCUT2D eigenvalue weighted by atomic mass is 16.2. The van der Waals surface area contributed by atoms with E-state index in [2.05, 4.69) is 11.4 Å². The molecular weight excluding hydrogens is 288 g/mol. The summed E-state index contributed by atoms with van der Waals surface area (Å²) in [4.78, 5) is 23.4. The van der Waals surface area contributed by atoms with E-state index in [1.165, 1.54) is 25.7 Å². The molecule has 2 rings (SSSR count). The number of aryl methyl sites for hydroxylation is 1. The molecule has 0 radical (unpaired) electrons. The summed E-state index contributed by atoms with van der Waals surface area (Å²) in [6.45, 7) is 0. The Bertz CT molecular complexity index is 602. The van der Waals surface area contributed by atoms with Crippen LogP contribution in [0.1, 0.15) is 84.1 Å². The molecule has 1 aromatic carbocycles. The number of imide groups is 1. The van der Waals surface area contributed by atoms with Crippen LogP contribution in [0.15, 0.2) is 18.2 Å². The molecule has 1 aliphatic rings. The van der Waals surface area contributed by atoms with Crippen LogP contribution in [0.25, 0.3) is 0 Å². The second-order valence-corrected chi connectivity index (χ2v) is 6.11. The molecule has 0 saturated carbocycles. The highest BCUT2D eigenvalue weighted by Crippen LogP contribution is 2.22. The number of hydrogen-bond donors (Lipinski definition) is 1. The minimum absolute atomic E-state index is 0.252. The van der Waals surface area contributed by atoms with Crippen molar-refractivity contribution in [2.45, 2.75) is 64.2 Å². The van der Waals surface area contributed by atoms with Crippen LogP contribution in [0, 0.1) is 11.3 Å². The van der Waals surface area contributed by atoms with Crippen LogP contribution < -0.4 is 5.32 Å². The zero-order valence-corrected chi connectivity index (χ0v) is 13.6. The van der Waals surface area contributed by atoms with Gasteiger partial charge in [-0.1, -0.05) is 50.7 Å². The van der Waals surface area contributed by atoms with Gasteiger partial charge in [0.15, 0.2) is 0 Å². The van der Waals surface area contributed by atoms with Gasteiger partial charge < -0.3 is 0 Å². The highest BCUT2D eigenvalue weighted by Gasteiger charge is 2.28. The summed E-state index contributed by atoms with van der Waals surface area (Å²) < 4.78 is 0. The third-order valence-electron chi connectivity index (χ3n) is 4.33. The average molecular weight is 312 g/mol. The average Bonchev–Trinajstić information content (AvgIpc) is 2.84. The second kappa shape index (κ2) is 9.09. The summed E-state index contributed by atoms with van der Waals surface area (Å²) in [5.74, 6) is -0.527. The van der Waals surface area contributed by atoms with Crippen molar-refractivity contribution in [2.24, 2.45) is 0 Å². The van der Waals surface area contributed by atoms with Gasteiger partial charge in [0.25, 0.3) is 11.8 Å². The summed E-state index contributed by atoms with van der Waals surface area (Å²) in [5.41, 5.74) is 2.09. The largest absolute Gasteiger partial charge is 0.288 e. The van der Waals surface area contributed by atoms with Crippen molar-refractivity contribution in [1.82, 2.24) is 5.32 Å². The third kappa shape index (κ3) is 4.92. The third-order valence-corrected chi connectivity index (χ3v) is 4.33. The van der Waals surface area contributed by atoms with E-state index in [-0.39, 0.29) is 11.8 Å². The molecule has 0 atom stereocenters. The normalized spacial score (nSPS) is 12.8. The molecule has 0 fully saturated rings. The van der Waals surface area contributed by atoms with E-state index in [9.17, 15) is 9.59 Å². The summed E-state index contributed by atoms with van der Waals surface area (Å²) in [7, 11) is 0. The van der Waals surface area contributed by atoms with Crippen LogP contribution in [0.3, 0.4) is 0 Å². The minimum atomic E-state index is -0.275. The smallest absolute Gasteiger partial charge is 0.259 e. The lowest BCUT2D eigenvalue weighted by Crippen LogP contribution is -2.20. The molecule has 4 heteroatoms. The lowest BCUT2D eigenvalue weighted by atomic mass is 9.97. The van der Waals surface area contributed by atoms with Gasteiger partial charge in [-0.3, -0.25) is 14.9 Å². The predicted molar refractivity (Wildman–Crippen MR) is 89.1 cm³/mol. The number of rotatable bonds is 10. The molecule has 1 heterocycles. The van der Waals surface area contributed by atoms with E-state index < -0.39 is 0 Å². The summed E-state index contributed by atoms with van der Waals surface area (Å²) in [6, 6.07) is 7.70. The molecule has 0 bridgehead atoms. The first-order valence-electron chi connectivity index (χ1n) is 8.58. The molecule has 4 nitrogen and oxygen atoms in total. The minimum Gasteiger partial charge on any atom is -0.288 e. The van der Waals surface area contributed by atoms with Crippen molar-refractivity contribution < 1.29 is 9.59 Å². The second-order valence-electron chi connectivity index (χ2n) is 6.11. The zero-order chi connectivity index (χ0) is 16.5. The quantitative estimate of drug-likeness (QED) is 0.521. The summed E-state index contributed by atoms with van der Waals surface area (Å²) in [5, 5.41) is 10.8. The molecule has 0 aromatic heterocycles. The van der Waals surface area contributed by atoms with Crippen LogP contribution in [0.2, 0.25) is 0 Å². The van der Waals surface area contributed by atoms with Crippen LogP contribution in [-0.4, -0.2) is 11.8 Å². The van der Waals surface area contributed by atoms with Gasteiger partial charge in [-0.15, -0.1) is 0 Å². The summed E-state index contributed by atoms with van der Waals surface area (Å²) in [6.07, 6.45) is 10.8. The van der Waals surface area contributed by atoms with E-state index in [0.29, 0.717) is 17.5 Å². The van der Waals surface area contributed by atoms with Crippen molar-refractivity contribution in [3.63, 3.8) is 0 Å². The number of nitrogens with one attached hydrogen (secondary N) is 1. The van der Waals surface area contributed by atoms with Gasteiger partial charge in [-0.25, -0.2) is 0 Å². The number of hydrogen-bond acceptors (Lipinski definition) is 3. The van der Waals surface area contributed by atoms with Crippen LogP contribution in [-0.2, 0) is 6.42 Å². The first-order valence-corrected chi connectivity index (χ1v) is 8.58. The predicted octanol–water partition coefficient (Wildman–Crippen LogP) is 4.15. The Labute approximate surface area is 137 Å². The number of benzene rings is 1. The lowest BCUT2D eigenvalue weighted by molar-refractivity contribution is 0.0879. The molecule has 0 aliphatic carbocycles. The van der Waals surface area contributed by atoms with E-state index in [0.717, 1.165) is 37.7 Å². The highest BCUT2D eigenvalue weighted by molar-refractivity contribution is 6.22. The maximum Gasteiger partial charge on any atom is 0.259 e. The Hall–Kier alpha value is -2.15. The number of carbonyl (C=O) groups excluding carboxylic acids is 2. The Morgan fingerprint density at radius 2 is 1.52 bits per heavy atom. The molecule has 23 heavy (non-hydrogen) atoms. The lowest BCUT2D eigenvalue weighted by Gasteiger charge is -2.06. The van der Waals surface area contributed by atoms with Crippen molar-refractivity contribution in [3.8, 4) is 6.07 Å². The number of nitrogens with zero attached hydrogens (tertiary/aromatic N) is 1. The van der Waals surface area contributed by atoms with E-state index in [1.807, 2.05) is 12.1 Å². The Morgan fingerprint density at radius 1 is 0.870 bits per heavy atom. The van der Waals surface area contributed by atoms with Gasteiger partial charge in [-0.2, -0.15) is 5.26 Å². The van der Waals surface area contributed by atoms with Crippen LogP contribution >= 0.6 is 0 Å². The Balaban J connectivity index is 1.64. The number of amides is 2. The molecular formula is C19H24N2O2. The SMILES string of the molecule is N#CCCCCCCCCCCc1cccc2c1C(=O)NC2=O.